The van der Waals surface area contributed by atoms with Crippen LogP contribution in [0.3, 0.4) is 0 Å². The van der Waals surface area contributed by atoms with Crippen LogP contribution in [0.1, 0.15) is 53.6 Å². The highest BCUT2D eigenvalue weighted by Crippen LogP contribution is 2.22. The van der Waals surface area contributed by atoms with Gasteiger partial charge in [-0.25, -0.2) is 13.1 Å². The van der Waals surface area contributed by atoms with Crippen LogP contribution in [-0.4, -0.2) is 25.5 Å². The Balaban J connectivity index is 1.80. The Morgan fingerprint density at radius 1 is 1.11 bits per heavy atom. The maximum atomic E-state index is 12.8. The predicted octanol–water partition coefficient (Wildman–Crippen LogP) is 3.35. The molecule has 2 aromatic carbocycles. The molecule has 1 fully saturated rings. The standard InChI is InChI=1S/C21H26N2O4S/c1-15-10-11-19(28(26,27)23-17-7-3-2-4-8-17)13-20(15)21(25)22-18-9-5-6-16(12-18)14-24/h5-6,9-13,17,23-24H,2-4,7-8,14H2,1H3,(H,22,25). The first-order valence-corrected chi connectivity index (χ1v) is 11.0. The van der Waals surface area contributed by atoms with Crippen molar-refractivity contribution in [2.45, 2.75) is 56.6 Å². The Labute approximate surface area is 166 Å². The Bertz CT molecular complexity index is 951. The van der Waals surface area contributed by atoms with Gasteiger partial charge in [0.2, 0.25) is 10.0 Å². The van der Waals surface area contributed by atoms with Gasteiger partial charge in [0.05, 0.1) is 11.5 Å². The van der Waals surface area contributed by atoms with E-state index in [4.69, 9.17) is 0 Å². The Hall–Kier alpha value is -2.22. The van der Waals surface area contributed by atoms with Crippen LogP contribution in [0.25, 0.3) is 0 Å². The van der Waals surface area contributed by atoms with E-state index in [1.54, 1.807) is 37.3 Å². The number of carbonyl (C=O) groups excluding carboxylic acids is 1. The molecule has 0 saturated heterocycles. The fourth-order valence-electron chi connectivity index (χ4n) is 3.47. The van der Waals surface area contributed by atoms with Crippen LogP contribution >= 0.6 is 0 Å². The summed E-state index contributed by atoms with van der Waals surface area (Å²) in [5, 5.41) is 12.0. The minimum Gasteiger partial charge on any atom is -0.392 e. The number of nitrogens with one attached hydrogen (secondary N) is 2. The Morgan fingerprint density at radius 3 is 2.57 bits per heavy atom. The lowest BCUT2D eigenvalue weighted by molar-refractivity contribution is 0.102. The average molecular weight is 403 g/mol. The third kappa shape index (κ3) is 4.98. The average Bonchev–Trinajstić information content (AvgIpc) is 2.68. The SMILES string of the molecule is Cc1ccc(S(=O)(=O)NC2CCCCC2)cc1C(=O)Nc1cccc(CO)c1. The molecule has 1 amide bonds. The van der Waals surface area contributed by atoms with Gasteiger partial charge in [-0.1, -0.05) is 37.5 Å². The highest BCUT2D eigenvalue weighted by molar-refractivity contribution is 7.89. The lowest BCUT2D eigenvalue weighted by atomic mass is 9.96. The smallest absolute Gasteiger partial charge is 0.255 e. The summed E-state index contributed by atoms with van der Waals surface area (Å²) in [6, 6.07) is 11.5. The summed E-state index contributed by atoms with van der Waals surface area (Å²) >= 11 is 0. The molecule has 0 bridgehead atoms. The van der Waals surface area contributed by atoms with Crippen LogP contribution in [0.2, 0.25) is 0 Å². The first-order chi connectivity index (χ1) is 13.4. The fraction of sp³-hybridized carbons (Fsp3) is 0.381. The van der Waals surface area contributed by atoms with Crippen molar-refractivity contribution in [2.75, 3.05) is 5.32 Å². The zero-order valence-corrected chi connectivity index (χ0v) is 16.8. The van der Waals surface area contributed by atoms with Crippen molar-refractivity contribution in [2.24, 2.45) is 0 Å². The van der Waals surface area contributed by atoms with Gasteiger partial charge in [0, 0.05) is 17.3 Å². The van der Waals surface area contributed by atoms with Crippen molar-refractivity contribution in [3.63, 3.8) is 0 Å². The van der Waals surface area contributed by atoms with E-state index >= 15 is 0 Å². The number of anilines is 1. The van der Waals surface area contributed by atoms with E-state index in [2.05, 4.69) is 10.0 Å². The first kappa shape index (κ1) is 20.5. The van der Waals surface area contributed by atoms with E-state index in [0.29, 0.717) is 22.4 Å². The molecule has 3 N–H and O–H groups in total. The topological polar surface area (TPSA) is 95.5 Å². The molecule has 1 saturated carbocycles. The summed E-state index contributed by atoms with van der Waals surface area (Å²) in [5.74, 6) is -0.387. The van der Waals surface area contributed by atoms with Gasteiger partial charge < -0.3 is 10.4 Å². The van der Waals surface area contributed by atoms with E-state index in [1.807, 2.05) is 0 Å². The molecule has 0 heterocycles. The van der Waals surface area contributed by atoms with Crippen LogP contribution in [0.4, 0.5) is 5.69 Å². The van der Waals surface area contributed by atoms with Gasteiger partial charge in [0.15, 0.2) is 0 Å². The minimum absolute atomic E-state index is 0.0430. The highest BCUT2D eigenvalue weighted by atomic mass is 32.2. The molecule has 2 aromatic rings. The molecule has 3 rings (SSSR count). The summed E-state index contributed by atoms with van der Waals surface area (Å²) in [6.07, 6.45) is 4.90. The minimum atomic E-state index is -3.68. The number of aliphatic hydroxyl groups is 1. The van der Waals surface area contributed by atoms with Crippen LogP contribution in [-0.2, 0) is 16.6 Å². The molecular weight excluding hydrogens is 376 g/mol. The van der Waals surface area contributed by atoms with E-state index in [-0.39, 0.29) is 23.5 Å². The van der Waals surface area contributed by atoms with Crippen molar-refractivity contribution in [1.82, 2.24) is 4.72 Å². The molecule has 0 aromatic heterocycles. The lowest BCUT2D eigenvalue weighted by Crippen LogP contribution is -2.36. The number of aryl methyl sites for hydroxylation is 1. The summed E-state index contributed by atoms with van der Waals surface area (Å²) in [7, 11) is -3.68. The van der Waals surface area contributed by atoms with Crippen molar-refractivity contribution in [3.05, 3.63) is 59.2 Å². The van der Waals surface area contributed by atoms with Gasteiger partial charge >= 0.3 is 0 Å². The van der Waals surface area contributed by atoms with Crippen molar-refractivity contribution in [1.29, 1.82) is 0 Å². The van der Waals surface area contributed by atoms with Gasteiger partial charge in [-0.2, -0.15) is 0 Å². The molecule has 0 atom stereocenters. The number of amides is 1. The van der Waals surface area contributed by atoms with Crippen LogP contribution in [0.15, 0.2) is 47.4 Å². The second-order valence-electron chi connectivity index (χ2n) is 7.25. The number of benzene rings is 2. The summed E-state index contributed by atoms with van der Waals surface area (Å²) in [6.45, 7) is 1.65. The largest absolute Gasteiger partial charge is 0.392 e. The zero-order valence-electron chi connectivity index (χ0n) is 15.9. The van der Waals surface area contributed by atoms with E-state index in [1.165, 1.54) is 12.1 Å². The zero-order chi connectivity index (χ0) is 20.1. The fourth-order valence-corrected chi connectivity index (χ4v) is 4.80. The molecule has 6 nitrogen and oxygen atoms in total. The van der Waals surface area contributed by atoms with Crippen LogP contribution < -0.4 is 10.0 Å². The number of rotatable bonds is 6. The summed E-state index contributed by atoms with van der Waals surface area (Å²) in [5.41, 5.74) is 2.22. The number of aliphatic hydroxyl groups excluding tert-OH is 1. The molecule has 1 aliphatic carbocycles. The molecule has 1 aliphatic rings. The second kappa shape index (κ2) is 8.86. The van der Waals surface area contributed by atoms with E-state index in [9.17, 15) is 18.3 Å². The van der Waals surface area contributed by atoms with Crippen molar-refractivity contribution >= 4 is 21.6 Å². The number of carbonyl (C=O) groups is 1. The van der Waals surface area contributed by atoms with Gasteiger partial charge in [0.1, 0.15) is 0 Å². The third-order valence-corrected chi connectivity index (χ3v) is 6.58. The van der Waals surface area contributed by atoms with Gasteiger partial charge in [-0.3, -0.25) is 4.79 Å². The van der Waals surface area contributed by atoms with Crippen molar-refractivity contribution in [3.8, 4) is 0 Å². The normalized spacial score (nSPS) is 15.4. The predicted molar refractivity (Wildman–Crippen MR) is 109 cm³/mol. The maximum absolute atomic E-state index is 12.8. The maximum Gasteiger partial charge on any atom is 0.255 e. The summed E-state index contributed by atoms with van der Waals surface area (Å²) < 4.78 is 28.3. The molecule has 0 radical (unpaired) electrons. The van der Waals surface area contributed by atoms with Gasteiger partial charge in [-0.05, 0) is 55.2 Å². The third-order valence-electron chi connectivity index (χ3n) is 5.06. The molecule has 0 unspecified atom stereocenters. The van der Waals surface area contributed by atoms with Crippen LogP contribution in [0.5, 0.6) is 0 Å². The van der Waals surface area contributed by atoms with E-state index in [0.717, 1.165) is 32.1 Å². The summed E-state index contributed by atoms with van der Waals surface area (Å²) in [4.78, 5) is 12.8. The van der Waals surface area contributed by atoms with Crippen LogP contribution in [0, 0.1) is 6.92 Å². The van der Waals surface area contributed by atoms with E-state index < -0.39 is 10.0 Å². The first-order valence-electron chi connectivity index (χ1n) is 9.53. The quantitative estimate of drug-likeness (QED) is 0.690. The lowest BCUT2D eigenvalue weighted by Gasteiger charge is -2.22. The molecule has 0 aliphatic heterocycles. The second-order valence-corrected chi connectivity index (χ2v) is 8.96. The molecule has 7 heteroatoms. The Kier molecular flexibility index (Phi) is 6.49. The molecule has 150 valence electrons. The molecular formula is C21H26N2O4S. The highest BCUT2D eigenvalue weighted by Gasteiger charge is 2.23. The monoisotopic (exact) mass is 402 g/mol. The molecule has 0 spiro atoms. The molecule has 28 heavy (non-hydrogen) atoms. The number of hydrogen-bond donors (Lipinski definition) is 3. The number of hydrogen-bond acceptors (Lipinski definition) is 4. The Morgan fingerprint density at radius 2 is 1.86 bits per heavy atom. The van der Waals surface area contributed by atoms with Crippen molar-refractivity contribution < 1.29 is 18.3 Å². The van der Waals surface area contributed by atoms with Gasteiger partial charge in [-0.15, -0.1) is 0 Å². The number of sulfonamides is 1. The van der Waals surface area contributed by atoms with Gasteiger partial charge in [0.25, 0.3) is 5.91 Å².